The maximum absolute atomic E-state index is 5.33. The number of ether oxygens (including phenoxy) is 1. The first-order valence-corrected chi connectivity index (χ1v) is 3.87. The van der Waals surface area contributed by atoms with Gasteiger partial charge in [-0.05, 0) is 31.0 Å². The summed E-state index contributed by atoms with van der Waals surface area (Å²) in [7, 11) is 0. The molecule has 0 aliphatic heterocycles. The molecule has 0 radical (unpaired) electrons. The molecule has 0 unspecified atom stereocenters. The molecule has 0 heterocycles. The van der Waals surface area contributed by atoms with Gasteiger partial charge in [-0.2, -0.15) is 0 Å². The summed E-state index contributed by atoms with van der Waals surface area (Å²) in [6, 6.07) is 6.08. The first-order chi connectivity index (χ1) is 5.74. The third kappa shape index (κ3) is 2.03. The molecule has 1 heteroatoms. The van der Waals surface area contributed by atoms with Crippen molar-refractivity contribution in [3.63, 3.8) is 0 Å². The molecule has 0 saturated heterocycles. The second-order valence-electron chi connectivity index (χ2n) is 2.76. The molecule has 0 aliphatic rings. The molecule has 1 aromatic rings. The summed E-state index contributed by atoms with van der Waals surface area (Å²) in [6.07, 6.45) is 5.09. The van der Waals surface area contributed by atoms with E-state index in [-0.39, 0.29) is 0 Å². The van der Waals surface area contributed by atoms with Crippen LogP contribution in [0, 0.1) is 26.2 Å². The van der Waals surface area contributed by atoms with Crippen molar-refractivity contribution >= 4 is 0 Å². The molecule has 1 aromatic carbocycles. The minimum atomic E-state index is 0.338. The van der Waals surface area contributed by atoms with Crippen LogP contribution >= 0.6 is 0 Å². The van der Waals surface area contributed by atoms with E-state index in [2.05, 4.69) is 12.0 Å². The van der Waals surface area contributed by atoms with Gasteiger partial charge in [0.05, 0.1) is 0 Å². The first kappa shape index (κ1) is 8.67. The number of terminal acetylenes is 1. The summed E-state index contributed by atoms with van der Waals surface area (Å²) < 4.78 is 5.33. The topological polar surface area (TPSA) is 9.23 Å². The average molecular weight is 160 g/mol. The van der Waals surface area contributed by atoms with E-state index < -0.39 is 0 Å². The van der Waals surface area contributed by atoms with Gasteiger partial charge in [0.2, 0.25) is 0 Å². The lowest BCUT2D eigenvalue weighted by Crippen LogP contribution is -1.95. The van der Waals surface area contributed by atoms with E-state index in [0.717, 1.165) is 11.3 Å². The third-order valence-corrected chi connectivity index (χ3v) is 1.65. The minimum absolute atomic E-state index is 0.338. The van der Waals surface area contributed by atoms with Crippen molar-refractivity contribution in [2.75, 3.05) is 6.61 Å². The molecular formula is C11H12O. The summed E-state index contributed by atoms with van der Waals surface area (Å²) in [4.78, 5) is 0. The summed E-state index contributed by atoms with van der Waals surface area (Å²) in [5.74, 6) is 3.32. The predicted octanol–water partition coefficient (Wildman–Crippen LogP) is 2.32. The molecule has 0 atom stereocenters. The van der Waals surface area contributed by atoms with Crippen molar-refractivity contribution in [1.82, 2.24) is 0 Å². The molecule has 0 aliphatic carbocycles. The largest absolute Gasteiger partial charge is 0.481 e. The lowest BCUT2D eigenvalue weighted by Gasteiger charge is -2.06. The Hall–Kier alpha value is -1.42. The fourth-order valence-corrected chi connectivity index (χ4v) is 0.982. The minimum Gasteiger partial charge on any atom is -0.481 e. The van der Waals surface area contributed by atoms with Crippen LogP contribution in [0.2, 0.25) is 0 Å². The molecule has 0 spiro atoms. The van der Waals surface area contributed by atoms with E-state index in [1.54, 1.807) is 0 Å². The lowest BCUT2D eigenvalue weighted by molar-refractivity contribution is 0.367. The van der Waals surface area contributed by atoms with Crippen LogP contribution in [0.4, 0.5) is 0 Å². The summed E-state index contributed by atoms with van der Waals surface area (Å²) in [5, 5.41) is 0. The zero-order valence-electron chi connectivity index (χ0n) is 7.42. The lowest BCUT2D eigenvalue weighted by atomic mass is 10.1. The van der Waals surface area contributed by atoms with Crippen LogP contribution in [0.3, 0.4) is 0 Å². The Morgan fingerprint density at radius 1 is 1.42 bits per heavy atom. The Balaban J connectivity index is 2.84. The average Bonchev–Trinajstić information content (AvgIpc) is 2.07. The van der Waals surface area contributed by atoms with Crippen LogP contribution in [0.5, 0.6) is 5.75 Å². The number of aryl methyl sites for hydroxylation is 2. The van der Waals surface area contributed by atoms with Gasteiger partial charge >= 0.3 is 0 Å². The van der Waals surface area contributed by atoms with Crippen molar-refractivity contribution in [2.24, 2.45) is 0 Å². The molecule has 1 rings (SSSR count). The van der Waals surface area contributed by atoms with Crippen molar-refractivity contribution in [3.05, 3.63) is 29.3 Å². The standard InChI is InChI=1S/C11H12O/c1-4-7-12-11-8-9(2)5-6-10(11)3/h1,5-6,8H,7H2,2-3H3. The van der Waals surface area contributed by atoms with E-state index in [4.69, 9.17) is 11.2 Å². The van der Waals surface area contributed by atoms with Gasteiger partial charge in [0, 0.05) is 0 Å². The molecular weight excluding hydrogens is 148 g/mol. The highest BCUT2D eigenvalue weighted by atomic mass is 16.5. The van der Waals surface area contributed by atoms with Gasteiger partial charge in [-0.15, -0.1) is 6.42 Å². The first-order valence-electron chi connectivity index (χ1n) is 3.87. The maximum Gasteiger partial charge on any atom is 0.148 e. The second-order valence-corrected chi connectivity index (χ2v) is 2.76. The van der Waals surface area contributed by atoms with Gasteiger partial charge in [0.15, 0.2) is 0 Å². The van der Waals surface area contributed by atoms with E-state index in [1.807, 2.05) is 26.0 Å². The van der Waals surface area contributed by atoms with Gasteiger partial charge in [0.1, 0.15) is 12.4 Å². The fourth-order valence-electron chi connectivity index (χ4n) is 0.982. The van der Waals surface area contributed by atoms with Crippen LogP contribution in [-0.4, -0.2) is 6.61 Å². The number of hydrogen-bond donors (Lipinski definition) is 0. The normalized spacial score (nSPS) is 9.08. The molecule has 12 heavy (non-hydrogen) atoms. The Labute approximate surface area is 73.4 Å². The Kier molecular flexibility index (Phi) is 2.76. The Bertz CT molecular complexity index is 307. The van der Waals surface area contributed by atoms with Crippen LogP contribution in [0.25, 0.3) is 0 Å². The van der Waals surface area contributed by atoms with Crippen LogP contribution in [0.1, 0.15) is 11.1 Å². The highest BCUT2D eigenvalue weighted by Gasteiger charge is 1.97. The number of benzene rings is 1. The molecule has 0 amide bonds. The summed E-state index contributed by atoms with van der Waals surface area (Å²) in [6.45, 7) is 4.37. The van der Waals surface area contributed by atoms with Crippen LogP contribution in [0.15, 0.2) is 18.2 Å². The molecule has 0 N–H and O–H groups in total. The zero-order chi connectivity index (χ0) is 8.97. The van der Waals surface area contributed by atoms with E-state index >= 15 is 0 Å². The fraction of sp³-hybridized carbons (Fsp3) is 0.273. The van der Waals surface area contributed by atoms with Gasteiger partial charge in [-0.1, -0.05) is 18.1 Å². The van der Waals surface area contributed by atoms with Gasteiger partial charge in [-0.25, -0.2) is 0 Å². The molecule has 0 fully saturated rings. The van der Waals surface area contributed by atoms with Crippen molar-refractivity contribution in [1.29, 1.82) is 0 Å². The number of rotatable bonds is 2. The van der Waals surface area contributed by atoms with E-state index in [9.17, 15) is 0 Å². The zero-order valence-corrected chi connectivity index (χ0v) is 7.42. The quantitative estimate of drug-likeness (QED) is 0.603. The SMILES string of the molecule is C#CCOc1cc(C)ccc1C. The maximum atomic E-state index is 5.33. The van der Waals surface area contributed by atoms with E-state index in [1.165, 1.54) is 5.56 Å². The van der Waals surface area contributed by atoms with Gasteiger partial charge in [-0.3, -0.25) is 0 Å². The summed E-state index contributed by atoms with van der Waals surface area (Å²) in [5.41, 5.74) is 2.31. The smallest absolute Gasteiger partial charge is 0.148 e. The molecule has 62 valence electrons. The third-order valence-electron chi connectivity index (χ3n) is 1.65. The Morgan fingerprint density at radius 2 is 2.17 bits per heavy atom. The highest BCUT2D eigenvalue weighted by Crippen LogP contribution is 2.18. The van der Waals surface area contributed by atoms with Crippen molar-refractivity contribution in [2.45, 2.75) is 13.8 Å². The van der Waals surface area contributed by atoms with E-state index in [0.29, 0.717) is 6.61 Å². The van der Waals surface area contributed by atoms with Crippen LogP contribution < -0.4 is 4.74 Å². The van der Waals surface area contributed by atoms with Crippen molar-refractivity contribution < 1.29 is 4.74 Å². The molecule has 0 saturated carbocycles. The number of hydrogen-bond acceptors (Lipinski definition) is 1. The van der Waals surface area contributed by atoms with Crippen LogP contribution in [-0.2, 0) is 0 Å². The monoisotopic (exact) mass is 160 g/mol. The molecule has 1 nitrogen and oxygen atoms in total. The van der Waals surface area contributed by atoms with Crippen molar-refractivity contribution in [3.8, 4) is 18.1 Å². The summed E-state index contributed by atoms with van der Waals surface area (Å²) >= 11 is 0. The van der Waals surface area contributed by atoms with Gasteiger partial charge < -0.3 is 4.74 Å². The molecule has 0 aromatic heterocycles. The van der Waals surface area contributed by atoms with Gasteiger partial charge in [0.25, 0.3) is 0 Å². The Morgan fingerprint density at radius 3 is 2.83 bits per heavy atom. The predicted molar refractivity (Wildman–Crippen MR) is 50.2 cm³/mol. The molecule has 0 bridgehead atoms. The highest BCUT2D eigenvalue weighted by molar-refractivity contribution is 5.36. The second kappa shape index (κ2) is 3.82.